The number of hydrogen-bond donors (Lipinski definition) is 1. The predicted octanol–water partition coefficient (Wildman–Crippen LogP) is 4.28. The van der Waals surface area contributed by atoms with Gasteiger partial charge in [0.1, 0.15) is 0 Å². The smallest absolute Gasteiger partial charge is 0.230 e. The quantitative estimate of drug-likeness (QED) is 0.498. The van der Waals surface area contributed by atoms with E-state index in [9.17, 15) is 4.79 Å². The highest BCUT2D eigenvalue weighted by Gasteiger charge is 2.12. The molecule has 3 aromatic rings. The van der Waals surface area contributed by atoms with E-state index in [4.69, 9.17) is 11.6 Å². The van der Waals surface area contributed by atoms with E-state index in [0.29, 0.717) is 23.9 Å². The minimum Gasteiger partial charge on any atom is -0.351 e. The lowest BCUT2D eigenvalue weighted by molar-refractivity contribution is -0.118. The van der Waals surface area contributed by atoms with Crippen molar-refractivity contribution in [2.75, 3.05) is 5.75 Å². The van der Waals surface area contributed by atoms with Crippen LogP contribution in [-0.4, -0.2) is 21.2 Å². The summed E-state index contributed by atoms with van der Waals surface area (Å²) in [6.45, 7) is 4.88. The lowest BCUT2D eigenvalue weighted by Gasteiger charge is -2.08. The Morgan fingerprint density at radius 3 is 2.80 bits per heavy atom. The molecule has 0 fully saturated rings. The first-order valence-corrected chi connectivity index (χ1v) is 9.24. The second-order valence-electron chi connectivity index (χ2n) is 5.44. The lowest BCUT2D eigenvalue weighted by Crippen LogP contribution is -2.24. The molecule has 0 aliphatic carbocycles. The first kappa shape index (κ1) is 17.6. The number of nitrogens with one attached hydrogen (secondary N) is 1. The Morgan fingerprint density at radius 2 is 2.00 bits per heavy atom. The highest BCUT2D eigenvalue weighted by molar-refractivity contribution is 7.99. The summed E-state index contributed by atoms with van der Waals surface area (Å²) in [6, 6.07) is 15.4. The summed E-state index contributed by atoms with van der Waals surface area (Å²) in [6.07, 6.45) is 1.83. The molecule has 0 aliphatic rings. The highest BCUT2D eigenvalue weighted by atomic mass is 35.5. The van der Waals surface area contributed by atoms with Crippen molar-refractivity contribution in [2.24, 2.45) is 0 Å². The van der Waals surface area contributed by atoms with E-state index >= 15 is 0 Å². The number of carbonyl (C=O) groups excluding carboxylic acids is 1. The molecule has 0 unspecified atom stereocenters. The number of fused-ring (bicyclic) bond motifs is 1. The molecule has 0 bridgehead atoms. The van der Waals surface area contributed by atoms with Crippen molar-refractivity contribution in [2.45, 2.75) is 18.2 Å². The molecule has 2 aromatic carbocycles. The van der Waals surface area contributed by atoms with Crippen LogP contribution in [0.15, 0.2) is 66.3 Å². The van der Waals surface area contributed by atoms with Gasteiger partial charge in [-0.2, -0.15) is 0 Å². The van der Waals surface area contributed by atoms with Gasteiger partial charge in [0, 0.05) is 18.1 Å². The van der Waals surface area contributed by atoms with Crippen molar-refractivity contribution in [3.8, 4) is 0 Å². The van der Waals surface area contributed by atoms with Crippen LogP contribution in [0, 0.1) is 0 Å². The molecule has 1 N–H and O–H groups in total. The SMILES string of the molecule is C=CCn1c(SCC(=O)NCc2ccccc2Cl)nc2ccccc21. The van der Waals surface area contributed by atoms with Crippen LogP contribution < -0.4 is 5.32 Å². The Labute approximate surface area is 155 Å². The zero-order valence-electron chi connectivity index (χ0n) is 13.6. The Balaban J connectivity index is 1.64. The number of nitrogens with zero attached hydrogens (tertiary/aromatic N) is 2. The lowest BCUT2D eigenvalue weighted by atomic mass is 10.2. The van der Waals surface area contributed by atoms with E-state index in [-0.39, 0.29) is 5.91 Å². The standard InChI is InChI=1S/C19H18ClN3OS/c1-2-11-23-17-10-6-5-9-16(17)22-19(23)25-13-18(24)21-12-14-7-3-4-8-15(14)20/h2-10H,1,11-13H2,(H,21,24). The topological polar surface area (TPSA) is 46.9 Å². The van der Waals surface area contributed by atoms with E-state index in [1.807, 2.05) is 54.6 Å². The van der Waals surface area contributed by atoms with E-state index in [2.05, 4.69) is 21.4 Å². The average Bonchev–Trinajstić information content (AvgIpc) is 2.97. The van der Waals surface area contributed by atoms with Crippen molar-refractivity contribution in [1.82, 2.24) is 14.9 Å². The molecule has 1 heterocycles. The first-order chi connectivity index (χ1) is 12.2. The van der Waals surface area contributed by atoms with E-state index in [1.165, 1.54) is 11.8 Å². The Morgan fingerprint density at radius 1 is 1.24 bits per heavy atom. The monoisotopic (exact) mass is 371 g/mol. The second-order valence-corrected chi connectivity index (χ2v) is 6.79. The van der Waals surface area contributed by atoms with Gasteiger partial charge >= 0.3 is 0 Å². The Kier molecular flexibility index (Phi) is 5.79. The van der Waals surface area contributed by atoms with Gasteiger partial charge in [-0.3, -0.25) is 4.79 Å². The van der Waals surface area contributed by atoms with E-state index in [0.717, 1.165) is 21.8 Å². The molecule has 6 heteroatoms. The van der Waals surface area contributed by atoms with Gasteiger partial charge in [0.25, 0.3) is 0 Å². The first-order valence-electron chi connectivity index (χ1n) is 7.88. The number of benzene rings is 2. The fraction of sp³-hybridized carbons (Fsp3) is 0.158. The van der Waals surface area contributed by atoms with E-state index in [1.54, 1.807) is 0 Å². The largest absolute Gasteiger partial charge is 0.351 e. The molecule has 128 valence electrons. The number of aromatic nitrogens is 2. The van der Waals surface area contributed by atoms with E-state index < -0.39 is 0 Å². The molecule has 25 heavy (non-hydrogen) atoms. The minimum absolute atomic E-state index is 0.0536. The number of imidazole rings is 1. The molecule has 0 spiro atoms. The highest BCUT2D eigenvalue weighted by Crippen LogP contribution is 2.24. The van der Waals surface area contributed by atoms with Crippen LogP contribution in [0.25, 0.3) is 11.0 Å². The van der Waals surface area contributed by atoms with Crippen molar-refractivity contribution in [1.29, 1.82) is 0 Å². The van der Waals surface area contributed by atoms with Crippen LogP contribution in [0.4, 0.5) is 0 Å². The molecule has 3 rings (SSSR count). The Bertz CT molecular complexity index is 907. The van der Waals surface area contributed by atoms with Crippen LogP contribution in [0.1, 0.15) is 5.56 Å². The van der Waals surface area contributed by atoms with Crippen molar-refractivity contribution in [3.05, 3.63) is 71.8 Å². The molecule has 0 saturated heterocycles. The summed E-state index contributed by atoms with van der Waals surface area (Å²) in [5, 5.41) is 4.36. The van der Waals surface area contributed by atoms with Crippen molar-refractivity contribution < 1.29 is 4.79 Å². The van der Waals surface area contributed by atoms with Gasteiger partial charge in [0.2, 0.25) is 5.91 Å². The van der Waals surface area contributed by atoms with Crippen molar-refractivity contribution in [3.63, 3.8) is 0 Å². The number of rotatable bonds is 7. The maximum Gasteiger partial charge on any atom is 0.230 e. The van der Waals surface area contributed by atoms with Crippen LogP contribution in [-0.2, 0) is 17.9 Å². The molecule has 0 aliphatic heterocycles. The number of para-hydroxylation sites is 2. The van der Waals surface area contributed by atoms with Crippen LogP contribution >= 0.6 is 23.4 Å². The zero-order valence-corrected chi connectivity index (χ0v) is 15.2. The Hall–Kier alpha value is -2.24. The average molecular weight is 372 g/mol. The molecule has 4 nitrogen and oxygen atoms in total. The van der Waals surface area contributed by atoms with Gasteiger partial charge in [-0.05, 0) is 23.8 Å². The summed E-state index contributed by atoms with van der Waals surface area (Å²) in [5.41, 5.74) is 2.87. The maximum absolute atomic E-state index is 12.2. The fourth-order valence-electron chi connectivity index (χ4n) is 2.49. The molecule has 0 atom stereocenters. The van der Waals surface area contributed by atoms with Gasteiger partial charge in [0.15, 0.2) is 5.16 Å². The molecule has 0 radical (unpaired) electrons. The number of carbonyl (C=O) groups is 1. The summed E-state index contributed by atoms with van der Waals surface area (Å²) < 4.78 is 2.06. The number of amides is 1. The molecular weight excluding hydrogens is 354 g/mol. The second kappa shape index (κ2) is 8.23. The van der Waals surface area contributed by atoms with Gasteiger partial charge in [0.05, 0.1) is 16.8 Å². The van der Waals surface area contributed by atoms with Crippen LogP contribution in [0.3, 0.4) is 0 Å². The number of halogens is 1. The fourth-order valence-corrected chi connectivity index (χ4v) is 3.54. The molecule has 0 saturated carbocycles. The minimum atomic E-state index is -0.0536. The maximum atomic E-state index is 12.2. The summed E-state index contributed by atoms with van der Waals surface area (Å²) in [5.74, 6) is 0.243. The third-order valence-corrected chi connectivity index (χ3v) is 5.04. The normalized spacial score (nSPS) is 10.8. The molecule has 1 aromatic heterocycles. The van der Waals surface area contributed by atoms with Crippen LogP contribution in [0.2, 0.25) is 5.02 Å². The van der Waals surface area contributed by atoms with Gasteiger partial charge in [-0.1, -0.05) is 59.8 Å². The van der Waals surface area contributed by atoms with Gasteiger partial charge in [-0.15, -0.1) is 6.58 Å². The van der Waals surface area contributed by atoms with Crippen molar-refractivity contribution >= 4 is 40.3 Å². The summed E-state index contributed by atoms with van der Waals surface area (Å²) >= 11 is 7.52. The number of hydrogen-bond acceptors (Lipinski definition) is 3. The number of thioether (sulfide) groups is 1. The van der Waals surface area contributed by atoms with Gasteiger partial charge < -0.3 is 9.88 Å². The summed E-state index contributed by atoms with van der Waals surface area (Å²) in [4.78, 5) is 16.8. The third-order valence-electron chi connectivity index (χ3n) is 3.70. The zero-order chi connectivity index (χ0) is 17.6. The third kappa shape index (κ3) is 4.24. The van der Waals surface area contributed by atoms with Gasteiger partial charge in [-0.25, -0.2) is 4.98 Å². The molecular formula is C19H18ClN3OS. The predicted molar refractivity (Wildman–Crippen MR) is 104 cm³/mol. The number of allylic oxidation sites excluding steroid dienone is 1. The molecule has 1 amide bonds. The summed E-state index contributed by atoms with van der Waals surface area (Å²) in [7, 11) is 0. The van der Waals surface area contributed by atoms with Crippen LogP contribution in [0.5, 0.6) is 0 Å².